The molecule has 2 heteroatoms. The SMILES string of the molecule is CC(C)(C)OCCCCC(C)(C)OC(C)(C)C. The lowest BCUT2D eigenvalue weighted by Crippen LogP contribution is -2.34. The first kappa shape index (κ1) is 16.9. The topological polar surface area (TPSA) is 18.5 Å². The Morgan fingerprint density at radius 1 is 0.706 bits per heavy atom. The van der Waals surface area contributed by atoms with Crippen LogP contribution in [-0.4, -0.2) is 23.4 Å². The number of hydrogen-bond acceptors (Lipinski definition) is 2. The molecule has 0 amide bonds. The van der Waals surface area contributed by atoms with E-state index in [9.17, 15) is 0 Å². The Kier molecular flexibility index (Phi) is 6.16. The van der Waals surface area contributed by atoms with Gasteiger partial charge in [0, 0.05) is 6.61 Å². The third-order valence-corrected chi connectivity index (χ3v) is 2.29. The van der Waals surface area contributed by atoms with E-state index < -0.39 is 0 Å². The third-order valence-electron chi connectivity index (χ3n) is 2.29. The number of hydrogen-bond donors (Lipinski definition) is 0. The highest BCUT2D eigenvalue weighted by molar-refractivity contribution is 4.74. The zero-order chi connectivity index (χ0) is 13.7. The molecule has 0 saturated heterocycles. The van der Waals surface area contributed by atoms with Crippen molar-refractivity contribution in [1.29, 1.82) is 0 Å². The molecule has 0 aliphatic carbocycles. The summed E-state index contributed by atoms with van der Waals surface area (Å²) in [5, 5.41) is 0. The Morgan fingerprint density at radius 2 is 1.24 bits per heavy atom. The summed E-state index contributed by atoms with van der Waals surface area (Å²) in [6.07, 6.45) is 3.34. The summed E-state index contributed by atoms with van der Waals surface area (Å²) in [5.41, 5.74) is -0.122. The highest BCUT2D eigenvalue weighted by atomic mass is 16.5. The second-order valence-corrected chi connectivity index (χ2v) is 7.39. The number of ether oxygens (including phenoxy) is 2. The van der Waals surface area contributed by atoms with Crippen molar-refractivity contribution >= 4 is 0 Å². The largest absolute Gasteiger partial charge is 0.376 e. The summed E-state index contributed by atoms with van der Waals surface area (Å²) in [7, 11) is 0. The van der Waals surface area contributed by atoms with Crippen LogP contribution >= 0.6 is 0 Å². The van der Waals surface area contributed by atoms with Gasteiger partial charge in [-0.2, -0.15) is 0 Å². The molecule has 0 aliphatic rings. The van der Waals surface area contributed by atoms with E-state index in [-0.39, 0.29) is 16.8 Å². The number of unbranched alkanes of at least 4 members (excludes halogenated alkanes) is 1. The molecular formula is C15H32O2. The maximum absolute atomic E-state index is 6.03. The van der Waals surface area contributed by atoms with Crippen LogP contribution in [0.4, 0.5) is 0 Å². The molecule has 0 saturated carbocycles. The average molecular weight is 244 g/mol. The summed E-state index contributed by atoms with van der Waals surface area (Å²) in [4.78, 5) is 0. The highest BCUT2D eigenvalue weighted by Gasteiger charge is 2.25. The minimum Gasteiger partial charge on any atom is -0.376 e. The van der Waals surface area contributed by atoms with Crippen molar-refractivity contribution in [1.82, 2.24) is 0 Å². The smallest absolute Gasteiger partial charge is 0.0633 e. The maximum atomic E-state index is 6.03. The van der Waals surface area contributed by atoms with Crippen molar-refractivity contribution in [3.63, 3.8) is 0 Å². The molecule has 0 aromatic heterocycles. The van der Waals surface area contributed by atoms with Gasteiger partial charge in [0.05, 0.1) is 16.8 Å². The standard InChI is InChI=1S/C15H32O2/c1-13(2,3)16-12-10-9-11-15(7,8)17-14(4,5)6/h9-12H2,1-8H3. The van der Waals surface area contributed by atoms with Crippen LogP contribution in [-0.2, 0) is 9.47 Å². The van der Waals surface area contributed by atoms with Gasteiger partial charge in [-0.15, -0.1) is 0 Å². The van der Waals surface area contributed by atoms with Crippen LogP contribution in [0.15, 0.2) is 0 Å². The minimum absolute atomic E-state index is 0.0164. The first-order chi connectivity index (χ1) is 7.41. The molecule has 0 N–H and O–H groups in total. The molecule has 0 heterocycles. The van der Waals surface area contributed by atoms with E-state index >= 15 is 0 Å². The molecule has 0 aromatic rings. The molecular weight excluding hydrogens is 212 g/mol. The molecule has 0 rings (SSSR count). The van der Waals surface area contributed by atoms with Crippen LogP contribution in [0.5, 0.6) is 0 Å². The Balaban J connectivity index is 3.74. The lowest BCUT2D eigenvalue weighted by Gasteiger charge is -2.34. The van der Waals surface area contributed by atoms with Crippen LogP contribution in [0.2, 0.25) is 0 Å². The zero-order valence-corrected chi connectivity index (χ0v) is 13.1. The van der Waals surface area contributed by atoms with Crippen LogP contribution in [0.25, 0.3) is 0 Å². The van der Waals surface area contributed by atoms with E-state index in [4.69, 9.17) is 9.47 Å². The molecule has 0 bridgehead atoms. The van der Waals surface area contributed by atoms with Crippen LogP contribution < -0.4 is 0 Å². The van der Waals surface area contributed by atoms with Gasteiger partial charge >= 0.3 is 0 Å². The molecule has 104 valence electrons. The van der Waals surface area contributed by atoms with Crippen LogP contribution in [0.3, 0.4) is 0 Å². The fourth-order valence-electron chi connectivity index (χ4n) is 1.91. The van der Waals surface area contributed by atoms with E-state index in [1.165, 1.54) is 0 Å². The Morgan fingerprint density at radius 3 is 1.65 bits per heavy atom. The van der Waals surface area contributed by atoms with Gasteiger partial charge in [-0.3, -0.25) is 0 Å². The minimum atomic E-state index is -0.0641. The van der Waals surface area contributed by atoms with Gasteiger partial charge in [-0.1, -0.05) is 0 Å². The Labute approximate surface area is 108 Å². The lowest BCUT2D eigenvalue weighted by molar-refractivity contribution is -0.117. The zero-order valence-electron chi connectivity index (χ0n) is 13.1. The second-order valence-electron chi connectivity index (χ2n) is 7.39. The predicted molar refractivity (Wildman–Crippen MR) is 74.5 cm³/mol. The van der Waals surface area contributed by atoms with Crippen molar-refractivity contribution < 1.29 is 9.47 Å². The molecule has 0 aliphatic heterocycles. The van der Waals surface area contributed by atoms with Gasteiger partial charge in [0.15, 0.2) is 0 Å². The number of rotatable bonds is 6. The first-order valence-electron chi connectivity index (χ1n) is 6.75. The molecule has 0 radical (unpaired) electrons. The first-order valence-corrected chi connectivity index (χ1v) is 6.75. The molecule has 0 unspecified atom stereocenters. The van der Waals surface area contributed by atoms with E-state index in [0.717, 1.165) is 25.9 Å². The fourth-order valence-corrected chi connectivity index (χ4v) is 1.91. The van der Waals surface area contributed by atoms with E-state index in [2.05, 4.69) is 55.4 Å². The molecule has 0 spiro atoms. The predicted octanol–water partition coefficient (Wildman–Crippen LogP) is 4.57. The Bertz CT molecular complexity index is 206. The third kappa shape index (κ3) is 12.2. The van der Waals surface area contributed by atoms with Gasteiger partial charge in [0.25, 0.3) is 0 Å². The fraction of sp³-hybridized carbons (Fsp3) is 1.00. The van der Waals surface area contributed by atoms with Crippen LogP contribution in [0.1, 0.15) is 74.7 Å². The lowest BCUT2D eigenvalue weighted by atomic mass is 9.99. The van der Waals surface area contributed by atoms with Gasteiger partial charge in [0.1, 0.15) is 0 Å². The molecule has 0 aromatic carbocycles. The summed E-state index contributed by atoms with van der Waals surface area (Å²) in [5.74, 6) is 0. The summed E-state index contributed by atoms with van der Waals surface area (Å²) in [6.45, 7) is 17.8. The summed E-state index contributed by atoms with van der Waals surface area (Å²) >= 11 is 0. The monoisotopic (exact) mass is 244 g/mol. The molecule has 2 nitrogen and oxygen atoms in total. The van der Waals surface area contributed by atoms with Gasteiger partial charge in [-0.05, 0) is 74.7 Å². The summed E-state index contributed by atoms with van der Waals surface area (Å²) < 4.78 is 11.7. The van der Waals surface area contributed by atoms with Crippen LogP contribution in [0, 0.1) is 0 Å². The summed E-state index contributed by atoms with van der Waals surface area (Å²) in [6, 6.07) is 0. The van der Waals surface area contributed by atoms with Gasteiger partial charge in [-0.25, -0.2) is 0 Å². The van der Waals surface area contributed by atoms with E-state index in [1.807, 2.05) is 0 Å². The average Bonchev–Trinajstić information content (AvgIpc) is 1.95. The van der Waals surface area contributed by atoms with E-state index in [0.29, 0.717) is 0 Å². The molecule has 0 fully saturated rings. The van der Waals surface area contributed by atoms with Gasteiger partial charge in [0.2, 0.25) is 0 Å². The molecule has 0 atom stereocenters. The Hall–Kier alpha value is -0.0800. The maximum Gasteiger partial charge on any atom is 0.0633 e. The van der Waals surface area contributed by atoms with Crippen molar-refractivity contribution in [3.8, 4) is 0 Å². The normalized spacial score (nSPS) is 14.1. The quantitative estimate of drug-likeness (QED) is 0.637. The van der Waals surface area contributed by atoms with Crippen molar-refractivity contribution in [3.05, 3.63) is 0 Å². The second kappa shape index (κ2) is 6.19. The molecule has 17 heavy (non-hydrogen) atoms. The van der Waals surface area contributed by atoms with Crippen molar-refractivity contribution in [2.24, 2.45) is 0 Å². The van der Waals surface area contributed by atoms with Gasteiger partial charge < -0.3 is 9.47 Å². The highest BCUT2D eigenvalue weighted by Crippen LogP contribution is 2.24. The van der Waals surface area contributed by atoms with Crippen molar-refractivity contribution in [2.45, 2.75) is 91.5 Å². The van der Waals surface area contributed by atoms with Crippen molar-refractivity contribution in [2.75, 3.05) is 6.61 Å². The van der Waals surface area contributed by atoms with E-state index in [1.54, 1.807) is 0 Å².